The van der Waals surface area contributed by atoms with Crippen molar-refractivity contribution in [2.24, 2.45) is 0 Å². The maximum Gasteiger partial charge on any atom is 0.158 e. The van der Waals surface area contributed by atoms with E-state index in [4.69, 9.17) is 9.47 Å². The topological polar surface area (TPSA) is 56.3 Å². The number of hydrogen-bond acceptors (Lipinski definition) is 6. The summed E-state index contributed by atoms with van der Waals surface area (Å²) in [5.74, 6) is 2.82. The van der Waals surface area contributed by atoms with Crippen LogP contribution < -0.4 is 5.32 Å². The van der Waals surface area contributed by atoms with Gasteiger partial charge in [0.25, 0.3) is 0 Å². The first kappa shape index (κ1) is 14.7. The number of nitrogens with zero attached hydrogens (tertiary/aromatic N) is 2. The predicted molar refractivity (Wildman–Crippen MR) is 76.4 cm³/mol. The van der Waals surface area contributed by atoms with E-state index in [-0.39, 0.29) is 6.10 Å². The van der Waals surface area contributed by atoms with Crippen LogP contribution >= 0.6 is 11.8 Å². The van der Waals surface area contributed by atoms with Crippen molar-refractivity contribution in [2.75, 3.05) is 38.4 Å². The van der Waals surface area contributed by atoms with Crippen molar-refractivity contribution in [1.82, 2.24) is 15.3 Å². The minimum absolute atomic E-state index is 0.0383. The lowest BCUT2D eigenvalue weighted by Gasteiger charge is -2.21. The van der Waals surface area contributed by atoms with Gasteiger partial charge in [-0.25, -0.2) is 9.97 Å². The monoisotopic (exact) mass is 283 g/mol. The molecule has 2 rings (SSSR count). The summed E-state index contributed by atoms with van der Waals surface area (Å²) < 4.78 is 10.7. The molecule has 0 amide bonds. The Morgan fingerprint density at radius 1 is 1.53 bits per heavy atom. The van der Waals surface area contributed by atoms with Gasteiger partial charge < -0.3 is 14.8 Å². The minimum atomic E-state index is 0.0383. The highest BCUT2D eigenvalue weighted by molar-refractivity contribution is 7.99. The van der Waals surface area contributed by atoms with Gasteiger partial charge in [0.2, 0.25) is 0 Å². The Kier molecular flexibility index (Phi) is 6.03. The highest BCUT2D eigenvalue weighted by Gasteiger charge is 2.19. The molecule has 1 aliphatic heterocycles. The van der Waals surface area contributed by atoms with Crippen molar-refractivity contribution in [3.63, 3.8) is 0 Å². The molecule has 0 aliphatic carbocycles. The summed E-state index contributed by atoms with van der Waals surface area (Å²) in [4.78, 5) is 9.10. The van der Waals surface area contributed by atoms with Gasteiger partial charge in [-0.3, -0.25) is 0 Å². The number of nitrogens with one attached hydrogen (secondary N) is 1. The van der Waals surface area contributed by atoms with Crippen LogP contribution in [0.25, 0.3) is 0 Å². The summed E-state index contributed by atoms with van der Waals surface area (Å²) in [6.45, 7) is 5.05. The molecule has 0 saturated carbocycles. The average Bonchev–Trinajstić information content (AvgIpc) is 2.44. The molecule has 1 fully saturated rings. The van der Waals surface area contributed by atoms with E-state index in [1.807, 2.05) is 24.8 Å². The second-order valence-corrected chi connectivity index (χ2v) is 5.61. The van der Waals surface area contributed by atoms with E-state index in [9.17, 15) is 0 Å². The molecule has 1 atom stereocenters. The Morgan fingerprint density at radius 3 is 3.16 bits per heavy atom. The Balaban J connectivity index is 1.97. The summed E-state index contributed by atoms with van der Waals surface area (Å²) in [5, 5.41) is 3.30. The molecule has 1 aliphatic rings. The van der Waals surface area contributed by atoms with Crippen LogP contribution in [-0.4, -0.2) is 48.3 Å². The van der Waals surface area contributed by atoms with Gasteiger partial charge in [0.05, 0.1) is 18.9 Å². The lowest BCUT2D eigenvalue weighted by atomic mass is 10.3. The normalized spacial score (nSPS) is 19.6. The third-order valence-corrected chi connectivity index (χ3v) is 3.81. The molecule has 0 spiro atoms. The summed E-state index contributed by atoms with van der Waals surface area (Å²) in [6.07, 6.45) is 0.0383. The molecule has 1 aromatic heterocycles. The molecular weight excluding hydrogens is 262 g/mol. The van der Waals surface area contributed by atoms with E-state index < -0.39 is 0 Å². The molecule has 5 nitrogen and oxygen atoms in total. The summed E-state index contributed by atoms with van der Waals surface area (Å²) in [7, 11) is 1.70. The molecular formula is C13H21N3O2S. The van der Waals surface area contributed by atoms with E-state index >= 15 is 0 Å². The van der Waals surface area contributed by atoms with Crippen LogP contribution in [-0.2, 0) is 16.0 Å². The standard InChI is InChI=1S/C13H21N3O2S/c1-10-7-11(8-14-3-4-17-2)16-13(15-10)12-9-19-6-5-18-12/h7,12,14H,3-6,8-9H2,1-2H3. The second-order valence-electron chi connectivity index (χ2n) is 4.46. The number of aromatic nitrogens is 2. The first-order valence-electron chi connectivity index (χ1n) is 6.53. The zero-order valence-electron chi connectivity index (χ0n) is 11.5. The van der Waals surface area contributed by atoms with Gasteiger partial charge in [0, 0.05) is 37.4 Å². The van der Waals surface area contributed by atoms with Gasteiger partial charge in [-0.15, -0.1) is 0 Å². The molecule has 19 heavy (non-hydrogen) atoms. The van der Waals surface area contributed by atoms with Crippen LogP contribution in [0.3, 0.4) is 0 Å². The molecule has 0 aromatic carbocycles. The van der Waals surface area contributed by atoms with Gasteiger partial charge in [0.1, 0.15) is 6.10 Å². The zero-order chi connectivity index (χ0) is 13.5. The van der Waals surface area contributed by atoms with Crippen LogP contribution in [0.1, 0.15) is 23.3 Å². The van der Waals surface area contributed by atoms with Crippen LogP contribution in [0.2, 0.25) is 0 Å². The van der Waals surface area contributed by atoms with Gasteiger partial charge in [0.15, 0.2) is 5.82 Å². The van der Waals surface area contributed by atoms with Crippen LogP contribution in [0.15, 0.2) is 6.07 Å². The van der Waals surface area contributed by atoms with Crippen molar-refractivity contribution >= 4 is 11.8 Å². The summed E-state index contributed by atoms with van der Waals surface area (Å²) >= 11 is 1.90. The number of ether oxygens (including phenoxy) is 2. The molecule has 1 unspecified atom stereocenters. The van der Waals surface area contributed by atoms with E-state index in [1.165, 1.54) is 0 Å². The van der Waals surface area contributed by atoms with E-state index in [0.29, 0.717) is 6.61 Å². The molecule has 0 radical (unpaired) electrons. The Labute approximate surface area is 118 Å². The van der Waals surface area contributed by atoms with Gasteiger partial charge in [-0.1, -0.05) is 0 Å². The summed E-state index contributed by atoms with van der Waals surface area (Å²) in [6, 6.07) is 2.01. The van der Waals surface area contributed by atoms with Crippen molar-refractivity contribution < 1.29 is 9.47 Å². The third kappa shape index (κ3) is 4.72. The fourth-order valence-corrected chi connectivity index (χ4v) is 2.76. The molecule has 2 heterocycles. The predicted octanol–water partition coefficient (Wildman–Crippen LogP) is 1.33. The smallest absolute Gasteiger partial charge is 0.158 e. The second kappa shape index (κ2) is 7.79. The van der Waals surface area contributed by atoms with Crippen LogP contribution in [0, 0.1) is 6.92 Å². The highest BCUT2D eigenvalue weighted by Crippen LogP contribution is 2.24. The molecule has 1 saturated heterocycles. The van der Waals surface area contributed by atoms with Crippen LogP contribution in [0.4, 0.5) is 0 Å². The van der Waals surface area contributed by atoms with Gasteiger partial charge >= 0.3 is 0 Å². The molecule has 0 bridgehead atoms. The average molecular weight is 283 g/mol. The number of methoxy groups -OCH3 is 1. The van der Waals surface area contributed by atoms with Crippen molar-refractivity contribution in [2.45, 2.75) is 19.6 Å². The zero-order valence-corrected chi connectivity index (χ0v) is 12.3. The third-order valence-electron chi connectivity index (χ3n) is 2.82. The largest absolute Gasteiger partial charge is 0.383 e. The molecule has 1 N–H and O–H groups in total. The lowest BCUT2D eigenvalue weighted by molar-refractivity contribution is 0.0691. The molecule has 106 valence electrons. The number of hydrogen-bond donors (Lipinski definition) is 1. The van der Waals surface area contributed by atoms with E-state index in [1.54, 1.807) is 7.11 Å². The van der Waals surface area contributed by atoms with Gasteiger partial charge in [-0.2, -0.15) is 11.8 Å². The SMILES string of the molecule is COCCNCc1cc(C)nc(C2CSCCO2)n1. The number of aryl methyl sites for hydroxylation is 1. The Morgan fingerprint density at radius 2 is 2.42 bits per heavy atom. The molecule has 6 heteroatoms. The first-order valence-corrected chi connectivity index (χ1v) is 7.68. The fraction of sp³-hybridized carbons (Fsp3) is 0.692. The Hall–Kier alpha value is -0.690. The van der Waals surface area contributed by atoms with Crippen molar-refractivity contribution in [1.29, 1.82) is 0 Å². The van der Waals surface area contributed by atoms with E-state index in [2.05, 4.69) is 15.3 Å². The van der Waals surface area contributed by atoms with Crippen LogP contribution in [0.5, 0.6) is 0 Å². The van der Waals surface area contributed by atoms with E-state index in [0.717, 1.165) is 48.4 Å². The maximum atomic E-state index is 5.73. The quantitative estimate of drug-likeness (QED) is 0.795. The maximum absolute atomic E-state index is 5.73. The minimum Gasteiger partial charge on any atom is -0.383 e. The lowest BCUT2D eigenvalue weighted by Crippen LogP contribution is -2.22. The van der Waals surface area contributed by atoms with Crippen molar-refractivity contribution in [3.8, 4) is 0 Å². The summed E-state index contributed by atoms with van der Waals surface area (Å²) in [5.41, 5.74) is 2.01. The van der Waals surface area contributed by atoms with Gasteiger partial charge in [-0.05, 0) is 13.0 Å². The highest BCUT2D eigenvalue weighted by atomic mass is 32.2. The number of rotatable bonds is 6. The Bertz CT molecular complexity index is 397. The fourth-order valence-electron chi connectivity index (χ4n) is 1.92. The first-order chi connectivity index (χ1) is 9.29. The van der Waals surface area contributed by atoms with Crippen molar-refractivity contribution in [3.05, 3.63) is 23.3 Å². The molecule has 1 aromatic rings. The number of thioether (sulfide) groups is 1.